The molecular weight excluding hydrogens is 266 g/mol. The van der Waals surface area contributed by atoms with E-state index < -0.39 is 11.6 Å². The van der Waals surface area contributed by atoms with Gasteiger partial charge in [-0.25, -0.2) is 8.78 Å². The van der Waals surface area contributed by atoms with Gasteiger partial charge in [-0.3, -0.25) is 0 Å². The van der Waals surface area contributed by atoms with E-state index in [0.717, 1.165) is 16.1 Å². The molecule has 0 spiro atoms. The van der Waals surface area contributed by atoms with Gasteiger partial charge in [0.15, 0.2) is 11.6 Å². The predicted octanol–water partition coefficient (Wildman–Crippen LogP) is 3.71. The quantitative estimate of drug-likeness (QED) is 0.798. The number of hydrogen-bond donors (Lipinski definition) is 0. The van der Waals surface area contributed by atoms with Crippen molar-refractivity contribution in [2.75, 3.05) is 0 Å². The van der Waals surface area contributed by atoms with Crippen molar-refractivity contribution in [3.63, 3.8) is 0 Å². The Morgan fingerprint density at radius 1 is 1.29 bits per heavy atom. The lowest BCUT2D eigenvalue weighted by molar-refractivity contribution is 0.507. The Morgan fingerprint density at radius 2 is 2.06 bits per heavy atom. The van der Waals surface area contributed by atoms with Gasteiger partial charge in [0.2, 0.25) is 0 Å². The van der Waals surface area contributed by atoms with E-state index in [1.807, 2.05) is 6.92 Å². The zero-order chi connectivity index (χ0) is 12.4. The minimum Gasteiger partial charge on any atom is -0.204 e. The summed E-state index contributed by atoms with van der Waals surface area (Å²) in [7, 11) is 0. The maximum atomic E-state index is 13.0. The minimum atomic E-state index is -0.849. The topological polar surface area (TPSA) is 25.8 Å². The number of alkyl halides is 1. The third-order valence-corrected chi connectivity index (χ3v) is 3.60. The molecule has 0 N–H and O–H groups in total. The van der Waals surface area contributed by atoms with Crippen molar-refractivity contribution in [2.45, 2.75) is 18.7 Å². The first-order valence-corrected chi connectivity index (χ1v) is 6.22. The highest BCUT2D eigenvalue weighted by molar-refractivity contribution is 7.11. The fourth-order valence-corrected chi connectivity index (χ4v) is 2.31. The summed E-state index contributed by atoms with van der Waals surface area (Å²) < 4.78 is 25.7. The Labute approximate surface area is 106 Å². The van der Waals surface area contributed by atoms with E-state index in [2.05, 4.69) is 10.2 Å². The van der Waals surface area contributed by atoms with E-state index in [-0.39, 0.29) is 5.38 Å². The summed E-state index contributed by atoms with van der Waals surface area (Å²) in [4.78, 5) is 0. The second kappa shape index (κ2) is 5.06. The zero-order valence-corrected chi connectivity index (χ0v) is 10.5. The smallest absolute Gasteiger partial charge is 0.159 e. The normalized spacial score (nSPS) is 12.7. The molecule has 0 bridgehead atoms. The van der Waals surface area contributed by atoms with Crippen LogP contribution in [-0.4, -0.2) is 10.2 Å². The molecule has 2 aromatic rings. The molecule has 17 heavy (non-hydrogen) atoms. The van der Waals surface area contributed by atoms with E-state index in [9.17, 15) is 8.78 Å². The van der Waals surface area contributed by atoms with Gasteiger partial charge < -0.3 is 0 Å². The molecule has 0 aliphatic carbocycles. The average Bonchev–Trinajstić information content (AvgIpc) is 2.72. The zero-order valence-electron chi connectivity index (χ0n) is 8.95. The fourth-order valence-electron chi connectivity index (χ4n) is 1.32. The number of hydrogen-bond acceptors (Lipinski definition) is 3. The third kappa shape index (κ3) is 2.98. The Balaban J connectivity index is 2.16. The maximum absolute atomic E-state index is 13.0. The van der Waals surface area contributed by atoms with Gasteiger partial charge in [0, 0.05) is 6.42 Å². The standard InChI is InChI=1S/C11H9ClF2N2S/c1-6(12)11-16-15-10(17-11)5-7-2-3-8(13)9(14)4-7/h2-4,6H,5H2,1H3. The van der Waals surface area contributed by atoms with Crippen LogP contribution in [-0.2, 0) is 6.42 Å². The van der Waals surface area contributed by atoms with Gasteiger partial charge in [-0.15, -0.1) is 21.8 Å². The van der Waals surface area contributed by atoms with Crippen LogP contribution < -0.4 is 0 Å². The van der Waals surface area contributed by atoms with Gasteiger partial charge in [-0.1, -0.05) is 17.4 Å². The molecule has 1 unspecified atom stereocenters. The lowest BCUT2D eigenvalue weighted by Crippen LogP contribution is -1.91. The van der Waals surface area contributed by atoms with Crippen molar-refractivity contribution in [3.8, 4) is 0 Å². The first-order chi connectivity index (χ1) is 8.06. The van der Waals surface area contributed by atoms with Gasteiger partial charge in [-0.05, 0) is 24.6 Å². The largest absolute Gasteiger partial charge is 0.204 e. The van der Waals surface area contributed by atoms with E-state index in [1.54, 1.807) is 0 Å². The van der Waals surface area contributed by atoms with E-state index in [1.165, 1.54) is 23.5 Å². The molecule has 2 rings (SSSR count). The summed E-state index contributed by atoms with van der Waals surface area (Å²) in [6.07, 6.45) is 0.429. The molecule has 0 saturated carbocycles. The monoisotopic (exact) mass is 274 g/mol. The van der Waals surface area contributed by atoms with Crippen LogP contribution in [0.25, 0.3) is 0 Å². The van der Waals surface area contributed by atoms with Crippen molar-refractivity contribution < 1.29 is 8.78 Å². The summed E-state index contributed by atoms with van der Waals surface area (Å²) in [5, 5.41) is 9.15. The highest BCUT2D eigenvalue weighted by Gasteiger charge is 2.10. The van der Waals surface area contributed by atoms with E-state index in [4.69, 9.17) is 11.6 Å². The van der Waals surface area contributed by atoms with Crippen LogP contribution in [0, 0.1) is 11.6 Å². The lowest BCUT2D eigenvalue weighted by atomic mass is 10.1. The molecule has 0 aliphatic rings. The summed E-state index contributed by atoms with van der Waals surface area (Å²) >= 11 is 7.24. The summed E-state index contributed by atoms with van der Waals surface area (Å²) in [5.74, 6) is -1.70. The van der Waals surface area contributed by atoms with Crippen molar-refractivity contribution in [1.29, 1.82) is 0 Å². The molecule has 90 valence electrons. The Bertz CT molecular complexity index is 528. The Kier molecular flexibility index (Phi) is 3.69. The maximum Gasteiger partial charge on any atom is 0.159 e. The van der Waals surface area contributed by atoms with E-state index in [0.29, 0.717) is 12.0 Å². The summed E-state index contributed by atoms with van der Waals surface area (Å²) in [6.45, 7) is 1.81. The molecule has 0 saturated heterocycles. The third-order valence-electron chi connectivity index (χ3n) is 2.16. The fraction of sp³-hybridized carbons (Fsp3) is 0.273. The van der Waals surface area contributed by atoms with Crippen LogP contribution in [0.4, 0.5) is 8.78 Å². The van der Waals surface area contributed by atoms with Gasteiger partial charge in [0.1, 0.15) is 10.0 Å². The minimum absolute atomic E-state index is 0.189. The Morgan fingerprint density at radius 3 is 2.65 bits per heavy atom. The molecule has 0 amide bonds. The molecule has 6 heteroatoms. The van der Waals surface area contributed by atoms with Gasteiger partial charge in [-0.2, -0.15) is 0 Å². The van der Waals surface area contributed by atoms with Crippen molar-refractivity contribution >= 4 is 22.9 Å². The molecule has 0 fully saturated rings. The molecule has 2 nitrogen and oxygen atoms in total. The number of aromatic nitrogens is 2. The molecule has 0 radical (unpaired) electrons. The van der Waals surface area contributed by atoms with Gasteiger partial charge >= 0.3 is 0 Å². The highest BCUT2D eigenvalue weighted by Crippen LogP contribution is 2.24. The van der Waals surface area contributed by atoms with Crippen molar-refractivity contribution in [3.05, 3.63) is 45.4 Å². The molecule has 1 atom stereocenters. The molecule has 1 aromatic carbocycles. The second-order valence-electron chi connectivity index (χ2n) is 3.58. The van der Waals surface area contributed by atoms with Crippen LogP contribution in [0.15, 0.2) is 18.2 Å². The molecule has 1 heterocycles. The van der Waals surface area contributed by atoms with Crippen LogP contribution in [0.3, 0.4) is 0 Å². The highest BCUT2D eigenvalue weighted by atomic mass is 35.5. The summed E-state index contributed by atoms with van der Waals surface area (Å²) in [6, 6.07) is 3.81. The number of rotatable bonds is 3. The van der Waals surface area contributed by atoms with Crippen LogP contribution >= 0.6 is 22.9 Å². The molecule has 0 aliphatic heterocycles. The molecular formula is C11H9ClF2N2S. The van der Waals surface area contributed by atoms with Crippen LogP contribution in [0.1, 0.15) is 27.9 Å². The van der Waals surface area contributed by atoms with Crippen LogP contribution in [0.5, 0.6) is 0 Å². The first-order valence-electron chi connectivity index (χ1n) is 4.96. The van der Waals surface area contributed by atoms with Gasteiger partial charge in [0.25, 0.3) is 0 Å². The Hall–Kier alpha value is -1.07. The predicted molar refractivity (Wildman–Crippen MR) is 63.3 cm³/mol. The first kappa shape index (κ1) is 12.4. The van der Waals surface area contributed by atoms with Crippen molar-refractivity contribution in [1.82, 2.24) is 10.2 Å². The number of halogens is 3. The number of benzene rings is 1. The SMILES string of the molecule is CC(Cl)c1nnc(Cc2ccc(F)c(F)c2)s1. The summed E-state index contributed by atoms with van der Waals surface area (Å²) in [5.41, 5.74) is 0.661. The van der Waals surface area contributed by atoms with Crippen LogP contribution in [0.2, 0.25) is 0 Å². The lowest BCUT2D eigenvalue weighted by Gasteiger charge is -1.98. The number of nitrogens with zero attached hydrogens (tertiary/aromatic N) is 2. The van der Waals surface area contributed by atoms with Gasteiger partial charge in [0.05, 0.1) is 5.38 Å². The van der Waals surface area contributed by atoms with Crippen molar-refractivity contribution in [2.24, 2.45) is 0 Å². The second-order valence-corrected chi connectivity index (χ2v) is 5.32. The molecule has 1 aromatic heterocycles. The van der Waals surface area contributed by atoms with E-state index >= 15 is 0 Å². The average molecular weight is 275 g/mol.